The summed E-state index contributed by atoms with van der Waals surface area (Å²) in [5.41, 5.74) is 4.34. The van der Waals surface area contributed by atoms with E-state index in [4.69, 9.17) is 5.73 Å². The van der Waals surface area contributed by atoms with Crippen LogP contribution in [0.3, 0.4) is 0 Å². The summed E-state index contributed by atoms with van der Waals surface area (Å²) < 4.78 is 14.0. The maximum absolute atomic E-state index is 14.0. The Bertz CT molecular complexity index is 156. The molecule has 0 heterocycles. The van der Waals surface area contributed by atoms with Gasteiger partial charge in [-0.15, -0.1) is 0 Å². The van der Waals surface area contributed by atoms with Gasteiger partial charge in [0, 0.05) is 6.54 Å². The smallest absolute Gasteiger partial charge is 0.123 e. The lowest BCUT2D eigenvalue weighted by molar-refractivity contribution is 0.0391. The zero-order valence-corrected chi connectivity index (χ0v) is 8.85. The predicted octanol–water partition coefficient (Wildman–Crippen LogP) is 2.89. The molecule has 2 heteroatoms. The predicted molar refractivity (Wildman–Crippen MR) is 54.3 cm³/mol. The quantitative estimate of drug-likeness (QED) is 0.722. The molecule has 0 saturated heterocycles. The summed E-state index contributed by atoms with van der Waals surface area (Å²) in [5, 5.41) is 0. The Kier molecular flexibility index (Phi) is 3.72. The van der Waals surface area contributed by atoms with E-state index in [0.29, 0.717) is 5.92 Å². The van der Waals surface area contributed by atoms with Crippen LogP contribution in [-0.4, -0.2) is 12.2 Å². The van der Waals surface area contributed by atoms with E-state index in [0.717, 1.165) is 12.8 Å². The summed E-state index contributed by atoms with van der Waals surface area (Å²) in [6, 6.07) is 0. The largest absolute Gasteiger partial charge is 0.328 e. The zero-order chi connectivity index (χ0) is 9.90. The molecule has 0 amide bonds. The van der Waals surface area contributed by atoms with E-state index < -0.39 is 5.67 Å². The number of hydrogen-bond donors (Lipinski definition) is 1. The molecule has 0 spiro atoms. The molecular weight excluding hydrogens is 165 g/mol. The van der Waals surface area contributed by atoms with Gasteiger partial charge in [-0.1, -0.05) is 32.6 Å². The molecule has 1 nitrogen and oxygen atoms in total. The summed E-state index contributed by atoms with van der Waals surface area (Å²) in [6.45, 7) is 4.01. The number of alkyl halides is 1. The van der Waals surface area contributed by atoms with Crippen LogP contribution in [0.1, 0.15) is 46.0 Å². The third-order valence-electron chi connectivity index (χ3n) is 3.61. The Morgan fingerprint density at radius 3 is 2.54 bits per heavy atom. The molecule has 13 heavy (non-hydrogen) atoms. The highest BCUT2D eigenvalue weighted by Crippen LogP contribution is 2.40. The third kappa shape index (κ3) is 2.43. The van der Waals surface area contributed by atoms with Gasteiger partial charge in [0.2, 0.25) is 0 Å². The lowest BCUT2D eigenvalue weighted by Crippen LogP contribution is -2.42. The van der Waals surface area contributed by atoms with Gasteiger partial charge in [0.05, 0.1) is 0 Å². The highest BCUT2D eigenvalue weighted by molar-refractivity contribution is 4.89. The second kappa shape index (κ2) is 4.41. The zero-order valence-electron chi connectivity index (χ0n) is 8.85. The summed E-state index contributed by atoms with van der Waals surface area (Å²) in [4.78, 5) is 0. The van der Waals surface area contributed by atoms with Gasteiger partial charge >= 0.3 is 0 Å². The molecule has 1 rings (SSSR count). The highest BCUT2D eigenvalue weighted by Gasteiger charge is 2.38. The Labute approximate surface area is 80.9 Å². The molecule has 1 aliphatic rings. The van der Waals surface area contributed by atoms with Crippen LogP contribution in [0.25, 0.3) is 0 Å². The molecule has 78 valence electrons. The van der Waals surface area contributed by atoms with Gasteiger partial charge in [-0.25, -0.2) is 4.39 Å². The van der Waals surface area contributed by atoms with Gasteiger partial charge in [0.1, 0.15) is 5.67 Å². The first kappa shape index (κ1) is 11.0. The second-order valence-electron chi connectivity index (χ2n) is 4.54. The van der Waals surface area contributed by atoms with Crippen molar-refractivity contribution in [2.75, 3.05) is 6.54 Å². The summed E-state index contributed by atoms with van der Waals surface area (Å²) >= 11 is 0. The molecular formula is C11H22FN. The number of halogens is 1. The molecule has 3 unspecified atom stereocenters. The number of rotatable bonds is 3. The lowest BCUT2D eigenvalue weighted by atomic mass is 9.70. The Morgan fingerprint density at radius 2 is 2.00 bits per heavy atom. The second-order valence-corrected chi connectivity index (χ2v) is 4.54. The molecule has 1 saturated carbocycles. The molecule has 1 fully saturated rings. The maximum atomic E-state index is 14.0. The summed E-state index contributed by atoms with van der Waals surface area (Å²) in [7, 11) is 0. The van der Waals surface area contributed by atoms with Crippen molar-refractivity contribution < 1.29 is 4.39 Å². The van der Waals surface area contributed by atoms with Gasteiger partial charge in [0.25, 0.3) is 0 Å². The topological polar surface area (TPSA) is 26.0 Å². The number of hydrogen-bond acceptors (Lipinski definition) is 1. The van der Waals surface area contributed by atoms with Crippen molar-refractivity contribution in [3.8, 4) is 0 Å². The van der Waals surface area contributed by atoms with Crippen molar-refractivity contribution in [3.63, 3.8) is 0 Å². The fourth-order valence-corrected chi connectivity index (χ4v) is 2.64. The van der Waals surface area contributed by atoms with Crippen LogP contribution >= 0.6 is 0 Å². The molecule has 2 N–H and O–H groups in total. The fourth-order valence-electron chi connectivity index (χ4n) is 2.64. The Morgan fingerprint density at radius 1 is 1.38 bits per heavy atom. The van der Waals surface area contributed by atoms with Crippen LogP contribution in [0.4, 0.5) is 4.39 Å². The van der Waals surface area contributed by atoms with Crippen molar-refractivity contribution in [1.29, 1.82) is 0 Å². The maximum Gasteiger partial charge on any atom is 0.123 e. The average Bonchev–Trinajstić information content (AvgIpc) is 2.18. The third-order valence-corrected chi connectivity index (χ3v) is 3.61. The minimum atomic E-state index is -1.14. The van der Waals surface area contributed by atoms with Crippen molar-refractivity contribution in [2.45, 2.75) is 51.6 Å². The minimum absolute atomic E-state index is 0.175. The van der Waals surface area contributed by atoms with Crippen LogP contribution < -0.4 is 5.73 Å². The van der Waals surface area contributed by atoms with Gasteiger partial charge in [0.15, 0.2) is 0 Å². The molecule has 0 radical (unpaired) electrons. The van der Waals surface area contributed by atoms with Crippen LogP contribution in [-0.2, 0) is 0 Å². The van der Waals surface area contributed by atoms with E-state index in [9.17, 15) is 4.39 Å². The van der Waals surface area contributed by atoms with Gasteiger partial charge in [-0.3, -0.25) is 0 Å². The van der Waals surface area contributed by atoms with Crippen LogP contribution in [0, 0.1) is 11.8 Å². The molecule has 0 bridgehead atoms. The van der Waals surface area contributed by atoms with Crippen molar-refractivity contribution in [2.24, 2.45) is 17.6 Å². The SMILES string of the molecule is CCC1CCCCC1C(C)(F)CN. The van der Waals surface area contributed by atoms with E-state index >= 15 is 0 Å². The fraction of sp³-hybridized carbons (Fsp3) is 1.00. The standard InChI is InChI=1S/C11H22FN/c1-3-9-6-4-5-7-10(9)11(2,12)8-13/h9-10H,3-8,13H2,1-2H3. The first-order valence-electron chi connectivity index (χ1n) is 5.50. The molecule has 0 aromatic carbocycles. The Balaban J connectivity index is 2.63. The van der Waals surface area contributed by atoms with Crippen molar-refractivity contribution in [1.82, 2.24) is 0 Å². The van der Waals surface area contributed by atoms with E-state index in [1.807, 2.05) is 0 Å². The lowest BCUT2D eigenvalue weighted by Gasteiger charge is -2.38. The summed E-state index contributed by atoms with van der Waals surface area (Å²) in [5.74, 6) is 0.767. The first-order valence-corrected chi connectivity index (χ1v) is 5.50. The average molecular weight is 187 g/mol. The van der Waals surface area contributed by atoms with Gasteiger partial charge in [-0.05, 0) is 25.2 Å². The van der Waals surface area contributed by atoms with Crippen LogP contribution in [0.2, 0.25) is 0 Å². The van der Waals surface area contributed by atoms with Gasteiger partial charge < -0.3 is 5.73 Å². The number of nitrogens with two attached hydrogens (primary N) is 1. The summed E-state index contributed by atoms with van der Waals surface area (Å²) in [6.07, 6.45) is 5.78. The normalized spacial score (nSPS) is 34.2. The van der Waals surface area contributed by atoms with Crippen LogP contribution in [0.15, 0.2) is 0 Å². The Hall–Kier alpha value is -0.110. The van der Waals surface area contributed by atoms with Crippen LogP contribution in [0.5, 0.6) is 0 Å². The molecule has 1 aliphatic carbocycles. The monoisotopic (exact) mass is 187 g/mol. The molecule has 3 atom stereocenters. The molecule has 0 aliphatic heterocycles. The van der Waals surface area contributed by atoms with E-state index in [-0.39, 0.29) is 12.5 Å². The molecule has 0 aromatic rings. The molecule has 0 aromatic heterocycles. The van der Waals surface area contributed by atoms with Crippen molar-refractivity contribution in [3.05, 3.63) is 0 Å². The van der Waals surface area contributed by atoms with Gasteiger partial charge in [-0.2, -0.15) is 0 Å². The van der Waals surface area contributed by atoms with E-state index in [2.05, 4.69) is 6.92 Å². The minimum Gasteiger partial charge on any atom is -0.328 e. The van der Waals surface area contributed by atoms with Crippen molar-refractivity contribution >= 4 is 0 Å². The van der Waals surface area contributed by atoms with E-state index in [1.165, 1.54) is 19.3 Å². The van der Waals surface area contributed by atoms with E-state index in [1.54, 1.807) is 6.92 Å². The highest BCUT2D eigenvalue weighted by atomic mass is 19.1. The first-order chi connectivity index (χ1) is 6.11.